The Morgan fingerprint density at radius 2 is 2.20 bits per heavy atom. The molecule has 0 aliphatic heterocycles. The first-order chi connectivity index (χ1) is 4.77. The van der Waals surface area contributed by atoms with Crippen LogP contribution in [0.4, 0.5) is 0 Å². The molecule has 1 N–H and O–H groups in total. The Balaban J connectivity index is 2.01. The lowest BCUT2D eigenvalue weighted by Gasteiger charge is -2.36. The molecule has 0 amide bonds. The highest BCUT2D eigenvalue weighted by molar-refractivity contribution is 4.86. The molecule has 2 nitrogen and oxygen atoms in total. The zero-order valence-electron chi connectivity index (χ0n) is 6.60. The van der Waals surface area contributed by atoms with Crippen molar-refractivity contribution in [2.24, 2.45) is 0 Å². The van der Waals surface area contributed by atoms with Crippen molar-refractivity contribution in [3.8, 4) is 0 Å². The molecule has 0 spiro atoms. The summed E-state index contributed by atoms with van der Waals surface area (Å²) < 4.78 is 4.89. The minimum Gasteiger partial charge on any atom is -0.390 e. The molecule has 1 aliphatic carbocycles. The summed E-state index contributed by atoms with van der Waals surface area (Å²) in [5, 5.41) is 9.58. The number of hydrogen-bond acceptors (Lipinski definition) is 2. The van der Waals surface area contributed by atoms with Gasteiger partial charge in [-0.3, -0.25) is 0 Å². The smallest absolute Gasteiger partial charge is 0.0648 e. The van der Waals surface area contributed by atoms with E-state index < -0.39 is 0 Å². The summed E-state index contributed by atoms with van der Waals surface area (Å²) in [5.74, 6) is 0. The molecule has 1 saturated carbocycles. The highest BCUT2D eigenvalue weighted by Gasteiger charge is 2.33. The second-order valence-electron chi connectivity index (χ2n) is 3.17. The van der Waals surface area contributed by atoms with Gasteiger partial charge in [0.05, 0.1) is 5.60 Å². The first kappa shape index (κ1) is 8.02. The Morgan fingerprint density at radius 3 is 2.60 bits per heavy atom. The van der Waals surface area contributed by atoms with Crippen LogP contribution in [-0.4, -0.2) is 24.4 Å². The lowest BCUT2D eigenvalue weighted by Crippen LogP contribution is -2.36. The van der Waals surface area contributed by atoms with Crippen molar-refractivity contribution in [3.05, 3.63) is 0 Å². The van der Waals surface area contributed by atoms with Crippen LogP contribution in [-0.2, 0) is 4.74 Å². The van der Waals surface area contributed by atoms with E-state index >= 15 is 0 Å². The lowest BCUT2D eigenvalue weighted by atomic mass is 9.77. The number of ether oxygens (including phenoxy) is 1. The number of rotatable bonds is 4. The maximum absolute atomic E-state index is 9.58. The molecule has 0 bridgehead atoms. The van der Waals surface area contributed by atoms with E-state index in [1.807, 2.05) is 0 Å². The number of aliphatic hydroxyl groups is 1. The molecule has 0 saturated heterocycles. The maximum Gasteiger partial charge on any atom is 0.0648 e. The molecule has 60 valence electrons. The van der Waals surface area contributed by atoms with Gasteiger partial charge < -0.3 is 9.84 Å². The third kappa shape index (κ3) is 1.96. The van der Waals surface area contributed by atoms with E-state index in [1.165, 1.54) is 6.42 Å². The Kier molecular flexibility index (Phi) is 2.69. The van der Waals surface area contributed by atoms with Gasteiger partial charge in [-0.05, 0) is 32.1 Å². The van der Waals surface area contributed by atoms with Gasteiger partial charge in [0.15, 0.2) is 0 Å². The fourth-order valence-electron chi connectivity index (χ4n) is 1.38. The van der Waals surface area contributed by atoms with Crippen LogP contribution in [0, 0.1) is 0 Å². The van der Waals surface area contributed by atoms with E-state index in [-0.39, 0.29) is 5.60 Å². The zero-order chi connectivity index (χ0) is 7.45. The van der Waals surface area contributed by atoms with Gasteiger partial charge in [-0.1, -0.05) is 0 Å². The molecule has 0 aromatic rings. The third-order valence-corrected chi connectivity index (χ3v) is 2.27. The van der Waals surface area contributed by atoms with Crippen molar-refractivity contribution in [1.82, 2.24) is 0 Å². The van der Waals surface area contributed by atoms with Crippen LogP contribution in [0.1, 0.15) is 32.1 Å². The number of methoxy groups -OCH3 is 1. The van der Waals surface area contributed by atoms with E-state index in [1.54, 1.807) is 7.11 Å². The summed E-state index contributed by atoms with van der Waals surface area (Å²) >= 11 is 0. The molecule has 0 atom stereocenters. The molecule has 1 rings (SSSR count). The van der Waals surface area contributed by atoms with E-state index in [4.69, 9.17) is 4.74 Å². The molecule has 1 aliphatic rings. The molecule has 10 heavy (non-hydrogen) atoms. The summed E-state index contributed by atoms with van der Waals surface area (Å²) in [7, 11) is 1.70. The predicted octanol–water partition coefficient (Wildman–Crippen LogP) is 1.33. The van der Waals surface area contributed by atoms with E-state index in [0.717, 1.165) is 32.3 Å². The topological polar surface area (TPSA) is 29.5 Å². The van der Waals surface area contributed by atoms with Gasteiger partial charge in [0.25, 0.3) is 0 Å². The monoisotopic (exact) mass is 144 g/mol. The molecule has 0 radical (unpaired) electrons. The predicted molar refractivity (Wildman–Crippen MR) is 39.9 cm³/mol. The second kappa shape index (κ2) is 3.35. The first-order valence-electron chi connectivity index (χ1n) is 3.98. The SMILES string of the molecule is COCCCC1(O)CCC1. The summed E-state index contributed by atoms with van der Waals surface area (Å²) in [6, 6.07) is 0. The van der Waals surface area contributed by atoms with Crippen molar-refractivity contribution >= 4 is 0 Å². The van der Waals surface area contributed by atoms with Gasteiger partial charge >= 0.3 is 0 Å². The van der Waals surface area contributed by atoms with Gasteiger partial charge in [0.1, 0.15) is 0 Å². The average molecular weight is 144 g/mol. The van der Waals surface area contributed by atoms with Gasteiger partial charge in [-0.25, -0.2) is 0 Å². The van der Waals surface area contributed by atoms with Gasteiger partial charge in [0, 0.05) is 13.7 Å². The molecule has 0 unspecified atom stereocenters. The molecule has 0 aromatic carbocycles. The molecule has 2 heteroatoms. The third-order valence-electron chi connectivity index (χ3n) is 2.27. The molecule has 0 heterocycles. The first-order valence-corrected chi connectivity index (χ1v) is 3.98. The molecular weight excluding hydrogens is 128 g/mol. The minimum atomic E-state index is -0.307. The number of hydrogen-bond donors (Lipinski definition) is 1. The van der Waals surface area contributed by atoms with Crippen LogP contribution >= 0.6 is 0 Å². The molecular formula is C8H16O2. The quantitative estimate of drug-likeness (QED) is 0.603. The largest absolute Gasteiger partial charge is 0.390 e. The van der Waals surface area contributed by atoms with E-state index in [9.17, 15) is 5.11 Å². The van der Waals surface area contributed by atoms with Gasteiger partial charge in [0.2, 0.25) is 0 Å². The van der Waals surface area contributed by atoms with Crippen molar-refractivity contribution < 1.29 is 9.84 Å². The lowest BCUT2D eigenvalue weighted by molar-refractivity contribution is -0.0451. The van der Waals surface area contributed by atoms with Crippen molar-refractivity contribution in [1.29, 1.82) is 0 Å². The second-order valence-corrected chi connectivity index (χ2v) is 3.17. The standard InChI is InChI=1S/C8H16O2/c1-10-7-3-6-8(9)4-2-5-8/h9H,2-7H2,1H3. The average Bonchev–Trinajstić information content (AvgIpc) is 1.85. The summed E-state index contributed by atoms with van der Waals surface area (Å²) in [6.45, 7) is 0.780. The van der Waals surface area contributed by atoms with Crippen molar-refractivity contribution in [2.75, 3.05) is 13.7 Å². The highest BCUT2D eigenvalue weighted by atomic mass is 16.5. The Labute approximate surface area is 62.2 Å². The van der Waals surface area contributed by atoms with Crippen LogP contribution in [0.5, 0.6) is 0 Å². The van der Waals surface area contributed by atoms with Crippen LogP contribution in [0.3, 0.4) is 0 Å². The van der Waals surface area contributed by atoms with Gasteiger partial charge in [-0.2, -0.15) is 0 Å². The Morgan fingerprint density at radius 1 is 1.50 bits per heavy atom. The minimum absolute atomic E-state index is 0.307. The Bertz CT molecular complexity index is 97.4. The van der Waals surface area contributed by atoms with Gasteiger partial charge in [-0.15, -0.1) is 0 Å². The van der Waals surface area contributed by atoms with Crippen molar-refractivity contribution in [3.63, 3.8) is 0 Å². The normalized spacial score (nSPS) is 22.2. The zero-order valence-corrected chi connectivity index (χ0v) is 6.60. The van der Waals surface area contributed by atoms with Crippen LogP contribution in [0.25, 0.3) is 0 Å². The molecule has 0 aromatic heterocycles. The highest BCUT2D eigenvalue weighted by Crippen LogP contribution is 2.35. The fourth-order valence-corrected chi connectivity index (χ4v) is 1.38. The van der Waals surface area contributed by atoms with Crippen molar-refractivity contribution in [2.45, 2.75) is 37.7 Å². The van der Waals surface area contributed by atoms with E-state index in [0.29, 0.717) is 0 Å². The summed E-state index contributed by atoms with van der Waals surface area (Å²) in [6.07, 6.45) is 5.10. The summed E-state index contributed by atoms with van der Waals surface area (Å²) in [5.41, 5.74) is -0.307. The van der Waals surface area contributed by atoms with Crippen LogP contribution in [0.2, 0.25) is 0 Å². The maximum atomic E-state index is 9.58. The molecule has 1 fully saturated rings. The fraction of sp³-hybridized carbons (Fsp3) is 1.00. The van der Waals surface area contributed by atoms with E-state index in [2.05, 4.69) is 0 Å². The summed E-state index contributed by atoms with van der Waals surface area (Å²) in [4.78, 5) is 0. The van der Waals surface area contributed by atoms with Crippen LogP contribution < -0.4 is 0 Å². The Hall–Kier alpha value is -0.0800. The van der Waals surface area contributed by atoms with Crippen LogP contribution in [0.15, 0.2) is 0 Å².